The molecule has 28 heavy (non-hydrogen) atoms. The van der Waals surface area contributed by atoms with Crippen LogP contribution in [0, 0.1) is 0 Å². The summed E-state index contributed by atoms with van der Waals surface area (Å²) in [6, 6.07) is 3.62. The predicted molar refractivity (Wildman–Crippen MR) is 108 cm³/mol. The first kappa shape index (κ1) is 22.0. The molecule has 1 aliphatic carbocycles. The summed E-state index contributed by atoms with van der Waals surface area (Å²) in [6.45, 7) is 7.83. The zero-order chi connectivity index (χ0) is 20.9. The number of aromatic nitrogens is 1. The van der Waals surface area contributed by atoms with Crippen LogP contribution in [0.15, 0.2) is 18.2 Å². The van der Waals surface area contributed by atoms with Crippen LogP contribution in [0.5, 0.6) is 0 Å². The molecule has 0 spiro atoms. The van der Waals surface area contributed by atoms with E-state index in [1.54, 1.807) is 23.1 Å². The van der Waals surface area contributed by atoms with Crippen molar-refractivity contribution in [3.05, 3.63) is 34.6 Å². The second kappa shape index (κ2) is 9.28. The zero-order valence-corrected chi connectivity index (χ0v) is 17.7. The summed E-state index contributed by atoms with van der Waals surface area (Å²) in [5, 5.41) is 2.89. The molecule has 1 aliphatic rings. The van der Waals surface area contributed by atoms with E-state index in [9.17, 15) is 9.59 Å². The number of halogens is 1. The Morgan fingerprint density at radius 3 is 2.64 bits per heavy atom. The van der Waals surface area contributed by atoms with E-state index in [0.717, 1.165) is 18.4 Å². The minimum atomic E-state index is -0.555. The van der Waals surface area contributed by atoms with Crippen LogP contribution in [0.3, 0.4) is 0 Å². The molecular weight excluding hydrogens is 382 g/mol. The van der Waals surface area contributed by atoms with Gasteiger partial charge < -0.3 is 14.8 Å². The summed E-state index contributed by atoms with van der Waals surface area (Å²) < 4.78 is 10.1. The van der Waals surface area contributed by atoms with Gasteiger partial charge in [-0.15, -0.1) is 0 Å². The summed E-state index contributed by atoms with van der Waals surface area (Å²) in [7, 11) is 1.31. The van der Waals surface area contributed by atoms with Crippen LogP contribution in [0.1, 0.15) is 57.8 Å². The van der Waals surface area contributed by atoms with Gasteiger partial charge in [-0.1, -0.05) is 17.7 Å². The van der Waals surface area contributed by atoms with Gasteiger partial charge in [0, 0.05) is 12.6 Å². The van der Waals surface area contributed by atoms with Gasteiger partial charge in [0.1, 0.15) is 10.8 Å². The average molecular weight is 410 g/mol. The van der Waals surface area contributed by atoms with Crippen LogP contribution in [-0.2, 0) is 9.47 Å². The molecule has 1 heterocycles. The van der Waals surface area contributed by atoms with Crippen molar-refractivity contribution in [2.75, 3.05) is 13.7 Å². The van der Waals surface area contributed by atoms with E-state index in [4.69, 9.17) is 16.3 Å². The van der Waals surface area contributed by atoms with Crippen LogP contribution < -0.4 is 5.32 Å². The number of rotatable bonds is 6. The number of nitrogens with zero attached hydrogens (tertiary/aromatic N) is 2. The third-order valence-corrected chi connectivity index (χ3v) is 4.31. The SMILES string of the molecule is COC(=O)NC/C=C/c1cc(C(C)N(C(=O)OC(C)(C)C)C2CC2)cc(Cl)n1. The second-order valence-corrected chi connectivity index (χ2v) is 8.10. The van der Waals surface area contributed by atoms with Crippen molar-refractivity contribution in [1.82, 2.24) is 15.2 Å². The number of carbonyl (C=O) groups excluding carboxylic acids is 2. The van der Waals surface area contributed by atoms with Gasteiger partial charge in [0.2, 0.25) is 0 Å². The van der Waals surface area contributed by atoms with Crippen LogP contribution in [0.25, 0.3) is 6.08 Å². The molecule has 0 aromatic carbocycles. The van der Waals surface area contributed by atoms with Crippen molar-refractivity contribution in [2.45, 2.75) is 58.2 Å². The van der Waals surface area contributed by atoms with Gasteiger partial charge in [-0.3, -0.25) is 4.90 Å². The molecule has 0 radical (unpaired) electrons. The summed E-state index contributed by atoms with van der Waals surface area (Å²) >= 11 is 6.20. The summed E-state index contributed by atoms with van der Waals surface area (Å²) in [5.41, 5.74) is 0.958. The van der Waals surface area contributed by atoms with Gasteiger partial charge in [-0.25, -0.2) is 14.6 Å². The molecule has 0 saturated heterocycles. The Kier molecular flexibility index (Phi) is 7.29. The van der Waals surface area contributed by atoms with Crippen molar-refractivity contribution in [3.8, 4) is 0 Å². The molecule has 1 N–H and O–H groups in total. The maximum atomic E-state index is 12.7. The molecular formula is C20H28ClN3O4. The molecule has 1 atom stereocenters. The molecule has 1 aromatic rings. The van der Waals surface area contributed by atoms with Gasteiger partial charge >= 0.3 is 12.2 Å². The standard InChI is InChI=1S/C20H28ClN3O4/c1-13(24(16-8-9-16)19(26)28-20(2,3)4)14-11-15(23-17(21)12-14)7-6-10-22-18(25)27-5/h6-7,11-13,16H,8-10H2,1-5H3,(H,22,25)/b7-6+. The fourth-order valence-electron chi connectivity index (χ4n) is 2.71. The van der Waals surface area contributed by atoms with Crippen molar-refractivity contribution >= 4 is 29.9 Å². The third kappa shape index (κ3) is 6.71. The number of hydrogen-bond donors (Lipinski definition) is 1. The maximum Gasteiger partial charge on any atom is 0.411 e. The third-order valence-electron chi connectivity index (χ3n) is 4.12. The van der Waals surface area contributed by atoms with Crippen LogP contribution in [0.2, 0.25) is 5.15 Å². The Bertz CT molecular complexity index is 741. The number of pyridine rings is 1. The molecule has 2 rings (SSSR count). The topological polar surface area (TPSA) is 80.8 Å². The molecule has 1 saturated carbocycles. The van der Waals surface area contributed by atoms with Crippen LogP contribution in [0.4, 0.5) is 9.59 Å². The summed E-state index contributed by atoms with van der Waals surface area (Å²) in [4.78, 5) is 29.9. The number of amides is 2. The van der Waals surface area contributed by atoms with Gasteiger partial charge in [-0.05, 0) is 64.3 Å². The first-order valence-corrected chi connectivity index (χ1v) is 9.65. The number of hydrogen-bond acceptors (Lipinski definition) is 5. The Morgan fingerprint density at radius 2 is 2.07 bits per heavy atom. The van der Waals surface area contributed by atoms with Crippen molar-refractivity contribution in [2.24, 2.45) is 0 Å². The fourth-order valence-corrected chi connectivity index (χ4v) is 2.93. The Hall–Kier alpha value is -2.28. The molecule has 7 nitrogen and oxygen atoms in total. The van der Waals surface area contributed by atoms with Crippen molar-refractivity contribution < 1.29 is 19.1 Å². The maximum absolute atomic E-state index is 12.7. The first-order chi connectivity index (χ1) is 13.1. The van der Waals surface area contributed by atoms with E-state index in [2.05, 4.69) is 15.0 Å². The Morgan fingerprint density at radius 1 is 1.39 bits per heavy atom. The molecule has 0 bridgehead atoms. The normalized spacial score (nSPS) is 15.2. The second-order valence-electron chi connectivity index (χ2n) is 7.72. The van der Waals surface area contributed by atoms with Crippen LogP contribution >= 0.6 is 11.6 Å². The average Bonchev–Trinajstić information content (AvgIpc) is 3.41. The molecule has 154 valence electrons. The fraction of sp³-hybridized carbons (Fsp3) is 0.550. The number of alkyl carbamates (subject to hydrolysis) is 1. The highest BCUT2D eigenvalue weighted by molar-refractivity contribution is 6.29. The summed E-state index contributed by atoms with van der Waals surface area (Å²) in [6.07, 6.45) is 4.61. The van der Waals surface area contributed by atoms with E-state index in [1.807, 2.05) is 33.8 Å². The molecule has 0 aliphatic heterocycles. The lowest BCUT2D eigenvalue weighted by atomic mass is 10.1. The monoisotopic (exact) mass is 409 g/mol. The van der Waals surface area contributed by atoms with Crippen LogP contribution in [-0.4, -0.2) is 47.4 Å². The molecule has 1 aromatic heterocycles. The number of nitrogens with one attached hydrogen (secondary N) is 1. The van der Waals surface area contributed by atoms with Gasteiger partial charge in [-0.2, -0.15) is 0 Å². The molecule has 2 amide bonds. The lowest BCUT2D eigenvalue weighted by molar-refractivity contribution is 0.0153. The molecule has 1 unspecified atom stereocenters. The number of ether oxygens (including phenoxy) is 2. The summed E-state index contributed by atoms with van der Waals surface area (Å²) in [5.74, 6) is 0. The minimum Gasteiger partial charge on any atom is -0.453 e. The minimum absolute atomic E-state index is 0.181. The zero-order valence-electron chi connectivity index (χ0n) is 17.0. The lowest BCUT2D eigenvalue weighted by Gasteiger charge is -2.32. The lowest BCUT2D eigenvalue weighted by Crippen LogP contribution is -2.39. The smallest absolute Gasteiger partial charge is 0.411 e. The quantitative estimate of drug-likeness (QED) is 0.696. The van der Waals surface area contributed by atoms with Crippen molar-refractivity contribution in [3.63, 3.8) is 0 Å². The first-order valence-electron chi connectivity index (χ1n) is 9.28. The van der Waals surface area contributed by atoms with E-state index in [-0.39, 0.29) is 18.2 Å². The largest absolute Gasteiger partial charge is 0.453 e. The highest BCUT2D eigenvalue weighted by Crippen LogP contribution is 2.36. The van der Waals surface area contributed by atoms with E-state index in [1.165, 1.54) is 7.11 Å². The predicted octanol–water partition coefficient (Wildman–Crippen LogP) is 4.56. The Labute approximate surface area is 171 Å². The highest BCUT2D eigenvalue weighted by atomic mass is 35.5. The van der Waals surface area contributed by atoms with Gasteiger partial charge in [0.05, 0.1) is 18.8 Å². The Balaban J connectivity index is 2.15. The van der Waals surface area contributed by atoms with E-state index < -0.39 is 11.7 Å². The molecule has 8 heteroatoms. The number of methoxy groups -OCH3 is 1. The van der Waals surface area contributed by atoms with Gasteiger partial charge in [0.15, 0.2) is 0 Å². The van der Waals surface area contributed by atoms with E-state index >= 15 is 0 Å². The van der Waals surface area contributed by atoms with Gasteiger partial charge in [0.25, 0.3) is 0 Å². The van der Waals surface area contributed by atoms with Crippen molar-refractivity contribution in [1.29, 1.82) is 0 Å². The molecule has 1 fully saturated rings. The highest BCUT2D eigenvalue weighted by Gasteiger charge is 2.38. The van der Waals surface area contributed by atoms with E-state index in [0.29, 0.717) is 17.4 Å². The number of carbonyl (C=O) groups is 2.